The molecule has 242 valence electrons. The number of alkyl carbamates (subject to hydrolysis) is 1. The summed E-state index contributed by atoms with van der Waals surface area (Å²) in [4.78, 5) is 17.0. The van der Waals surface area contributed by atoms with E-state index in [2.05, 4.69) is 29.9 Å². The number of rotatable bonds is 14. The highest BCUT2D eigenvalue weighted by atomic mass is 35.5. The molecular weight excluding hydrogens is 624 g/mol. The van der Waals surface area contributed by atoms with E-state index in [1.807, 2.05) is 13.8 Å². The molecule has 1 aromatic carbocycles. The molecule has 0 unspecified atom stereocenters. The Morgan fingerprint density at radius 3 is 2.41 bits per heavy atom. The first kappa shape index (κ1) is 35.9. The summed E-state index contributed by atoms with van der Waals surface area (Å²) in [5, 5.41) is 3.57. The van der Waals surface area contributed by atoms with Gasteiger partial charge in [-0.15, -0.1) is 0 Å². The third-order valence-corrected chi connectivity index (χ3v) is 9.10. The molecule has 3 aromatic rings. The molecule has 0 fully saturated rings. The third kappa shape index (κ3) is 11.1. The van der Waals surface area contributed by atoms with Crippen LogP contribution in [0.15, 0.2) is 30.6 Å². The largest absolute Gasteiger partial charge is 0.450 e. The SMILES string of the molecule is CC(C)(CCC(=S)Cc1cc(F)c(Oc2ccnc3c2c(Cl)cn3COCC[Si](C)(C)C)c(F)c1)CNC(=O)OC(C)(C)C. The number of hydrogen-bond donors (Lipinski definition) is 1. The number of aromatic nitrogens is 2. The van der Waals surface area contributed by atoms with Gasteiger partial charge in [-0.2, -0.15) is 0 Å². The van der Waals surface area contributed by atoms with E-state index >= 15 is 8.78 Å². The van der Waals surface area contributed by atoms with Gasteiger partial charge < -0.3 is 24.1 Å². The Bertz CT molecular complexity index is 1460. The fourth-order valence-corrected chi connectivity index (χ4v) is 5.61. The number of hydrogen-bond acceptors (Lipinski definition) is 6. The predicted octanol–water partition coefficient (Wildman–Crippen LogP) is 9.32. The van der Waals surface area contributed by atoms with Gasteiger partial charge in [-0.05, 0) is 73.7 Å². The van der Waals surface area contributed by atoms with Crippen LogP contribution in [0.2, 0.25) is 30.7 Å². The van der Waals surface area contributed by atoms with Gasteiger partial charge in [0.2, 0.25) is 0 Å². The van der Waals surface area contributed by atoms with Crippen molar-refractivity contribution >= 4 is 53.9 Å². The maximum absolute atomic E-state index is 15.2. The number of nitrogens with zero attached hydrogens (tertiary/aromatic N) is 2. The zero-order valence-corrected chi connectivity index (χ0v) is 29.5. The van der Waals surface area contributed by atoms with Crippen LogP contribution >= 0.6 is 23.8 Å². The Hall–Kier alpha value is -2.60. The van der Waals surface area contributed by atoms with E-state index in [0.717, 1.165) is 6.04 Å². The normalized spacial score (nSPS) is 12.4. The molecule has 1 N–H and O–H groups in total. The second-order valence-corrected chi connectivity index (χ2v) is 20.6. The average Bonchev–Trinajstić information content (AvgIpc) is 3.21. The second-order valence-electron chi connectivity index (χ2n) is 14.0. The minimum absolute atomic E-state index is 0.184. The van der Waals surface area contributed by atoms with E-state index < -0.39 is 37.2 Å². The molecule has 0 saturated heterocycles. The van der Waals surface area contributed by atoms with Gasteiger partial charge in [-0.3, -0.25) is 0 Å². The second kappa shape index (κ2) is 14.7. The number of thiocarbonyl (C=S) groups is 1. The first-order chi connectivity index (χ1) is 20.3. The van der Waals surface area contributed by atoms with Crippen LogP contribution in [-0.2, 0) is 22.6 Å². The Labute approximate surface area is 270 Å². The van der Waals surface area contributed by atoms with Gasteiger partial charge in [-0.25, -0.2) is 18.6 Å². The van der Waals surface area contributed by atoms with Crippen molar-refractivity contribution in [1.29, 1.82) is 0 Å². The van der Waals surface area contributed by atoms with Gasteiger partial charge in [-0.1, -0.05) is 57.3 Å². The number of amides is 1. The third-order valence-electron chi connectivity index (χ3n) is 6.76. The number of carbonyl (C=O) groups is 1. The summed E-state index contributed by atoms with van der Waals surface area (Å²) in [5.41, 5.74) is 0.0619. The highest BCUT2D eigenvalue weighted by Crippen LogP contribution is 2.37. The Morgan fingerprint density at radius 1 is 1.14 bits per heavy atom. The quantitative estimate of drug-likeness (QED) is 0.105. The number of halogens is 3. The molecule has 0 aliphatic rings. The lowest BCUT2D eigenvalue weighted by Gasteiger charge is -2.26. The van der Waals surface area contributed by atoms with Gasteiger partial charge in [0, 0.05) is 40.0 Å². The van der Waals surface area contributed by atoms with Gasteiger partial charge >= 0.3 is 6.09 Å². The Balaban J connectivity index is 1.63. The Morgan fingerprint density at radius 2 is 1.80 bits per heavy atom. The molecule has 2 aromatic heterocycles. The minimum Gasteiger partial charge on any atom is -0.450 e. The molecule has 7 nitrogen and oxygen atoms in total. The molecule has 0 aliphatic heterocycles. The lowest BCUT2D eigenvalue weighted by Crippen LogP contribution is -2.38. The lowest BCUT2D eigenvalue weighted by atomic mass is 9.86. The van der Waals surface area contributed by atoms with Crippen LogP contribution in [0.4, 0.5) is 13.6 Å². The summed E-state index contributed by atoms with van der Waals surface area (Å²) in [6.45, 7) is 17.5. The highest BCUT2D eigenvalue weighted by Gasteiger charge is 2.23. The van der Waals surface area contributed by atoms with Crippen molar-refractivity contribution in [2.24, 2.45) is 5.41 Å². The van der Waals surface area contributed by atoms with Crippen molar-refractivity contribution in [2.75, 3.05) is 13.2 Å². The van der Waals surface area contributed by atoms with E-state index in [1.165, 1.54) is 24.4 Å². The van der Waals surface area contributed by atoms with Crippen LogP contribution in [0.5, 0.6) is 11.5 Å². The van der Waals surface area contributed by atoms with E-state index in [4.69, 9.17) is 38.0 Å². The van der Waals surface area contributed by atoms with E-state index in [1.54, 1.807) is 31.5 Å². The topological polar surface area (TPSA) is 74.6 Å². The number of pyridine rings is 1. The number of benzene rings is 1. The molecule has 0 bridgehead atoms. The van der Waals surface area contributed by atoms with Crippen molar-refractivity contribution < 1.29 is 27.8 Å². The molecule has 44 heavy (non-hydrogen) atoms. The van der Waals surface area contributed by atoms with Gasteiger partial charge in [0.25, 0.3) is 0 Å². The molecule has 3 rings (SSSR count). The van der Waals surface area contributed by atoms with Crippen LogP contribution in [0.1, 0.15) is 53.0 Å². The monoisotopic (exact) mass is 667 g/mol. The summed E-state index contributed by atoms with van der Waals surface area (Å²) in [7, 11) is -1.24. The number of ether oxygens (including phenoxy) is 3. The number of fused-ring (bicyclic) bond motifs is 1. The van der Waals surface area contributed by atoms with Crippen LogP contribution < -0.4 is 10.1 Å². The van der Waals surface area contributed by atoms with Crippen LogP contribution in [0.25, 0.3) is 11.0 Å². The maximum atomic E-state index is 15.2. The summed E-state index contributed by atoms with van der Waals surface area (Å²) < 4.78 is 49.0. The van der Waals surface area contributed by atoms with Crippen LogP contribution in [-0.4, -0.2) is 47.3 Å². The van der Waals surface area contributed by atoms with E-state index in [0.29, 0.717) is 52.5 Å². The van der Waals surface area contributed by atoms with Crippen molar-refractivity contribution in [3.05, 3.63) is 52.8 Å². The summed E-state index contributed by atoms with van der Waals surface area (Å²) in [5.74, 6) is -2.04. The van der Waals surface area contributed by atoms with E-state index in [-0.39, 0.29) is 24.3 Å². The molecule has 0 atom stereocenters. The summed E-state index contributed by atoms with van der Waals surface area (Å²) >= 11 is 12.0. The van der Waals surface area contributed by atoms with Crippen molar-refractivity contribution in [1.82, 2.24) is 14.9 Å². The summed E-state index contributed by atoms with van der Waals surface area (Å²) in [6, 6.07) is 5.01. The van der Waals surface area contributed by atoms with Crippen molar-refractivity contribution in [3.63, 3.8) is 0 Å². The molecule has 1 amide bonds. The standard InChI is InChI=1S/C32H44ClF2N3O4SSi/c1-31(2,3)42-30(39)37-19-32(4,5)11-9-22(43)15-21-16-24(34)28(25(35)17-21)41-26-10-12-36-29-27(26)23(33)18-38(29)20-40-13-14-44(6,7)8/h10,12,16-18H,9,11,13-15,19-20H2,1-8H3,(H,37,39). The number of carbonyl (C=O) groups excluding carboxylic acids is 1. The lowest BCUT2D eigenvalue weighted by molar-refractivity contribution is 0.0505. The summed E-state index contributed by atoms with van der Waals surface area (Å²) in [6.07, 6.45) is 4.15. The molecule has 0 radical (unpaired) electrons. The average molecular weight is 668 g/mol. The maximum Gasteiger partial charge on any atom is 0.407 e. The molecule has 12 heteroatoms. The molecule has 0 aliphatic carbocycles. The fourth-order valence-electron chi connectivity index (χ4n) is 4.29. The first-order valence-corrected chi connectivity index (χ1v) is 19.2. The van der Waals surface area contributed by atoms with E-state index in [9.17, 15) is 4.79 Å². The van der Waals surface area contributed by atoms with Crippen LogP contribution in [0.3, 0.4) is 0 Å². The van der Waals surface area contributed by atoms with Gasteiger partial charge in [0.1, 0.15) is 23.7 Å². The predicted molar refractivity (Wildman–Crippen MR) is 179 cm³/mol. The highest BCUT2D eigenvalue weighted by molar-refractivity contribution is 7.80. The zero-order chi connectivity index (χ0) is 32.9. The Kier molecular flexibility index (Phi) is 12.0. The molecule has 0 saturated carbocycles. The van der Waals surface area contributed by atoms with Crippen molar-refractivity contribution in [2.45, 2.75) is 91.9 Å². The van der Waals surface area contributed by atoms with Gasteiger partial charge in [0.05, 0.1) is 10.4 Å². The molecule has 0 spiro atoms. The molecular formula is C32H44ClF2N3O4SSi. The van der Waals surface area contributed by atoms with Gasteiger partial charge in [0.15, 0.2) is 17.4 Å². The first-order valence-electron chi connectivity index (χ1n) is 14.7. The van der Waals surface area contributed by atoms with Crippen LogP contribution in [0, 0.1) is 17.0 Å². The number of nitrogens with one attached hydrogen (secondary N) is 1. The van der Waals surface area contributed by atoms with Crippen molar-refractivity contribution in [3.8, 4) is 11.5 Å². The smallest absolute Gasteiger partial charge is 0.407 e. The molecule has 2 heterocycles. The zero-order valence-electron chi connectivity index (χ0n) is 26.9. The minimum atomic E-state index is -1.24. The fraction of sp³-hybridized carbons (Fsp3) is 0.531.